The van der Waals surface area contributed by atoms with E-state index in [1.807, 2.05) is 0 Å². The van der Waals surface area contributed by atoms with Crippen LogP contribution < -0.4 is 10.4 Å². The lowest BCUT2D eigenvalue weighted by Crippen LogP contribution is -2.19. The van der Waals surface area contributed by atoms with E-state index in [0.29, 0.717) is 15.6 Å². The second-order valence-corrected chi connectivity index (χ2v) is 6.45. The van der Waals surface area contributed by atoms with E-state index in [1.165, 1.54) is 30.3 Å². The molecule has 0 aliphatic rings. The Balaban J connectivity index is 1.73. The summed E-state index contributed by atoms with van der Waals surface area (Å²) in [6, 6.07) is 13.2. The van der Waals surface area contributed by atoms with E-state index in [0.717, 1.165) is 6.20 Å². The summed E-state index contributed by atoms with van der Waals surface area (Å²) >= 11 is 0. The number of benzene rings is 2. The highest BCUT2D eigenvalue weighted by Gasteiger charge is 2.41. The monoisotopic (exact) mass is 414 g/mol. The Morgan fingerprint density at radius 3 is 2.53 bits per heavy atom. The van der Waals surface area contributed by atoms with Gasteiger partial charge in [-0.05, 0) is 36.8 Å². The number of rotatable bonds is 3. The van der Waals surface area contributed by atoms with Crippen LogP contribution in [0.2, 0.25) is 0 Å². The first-order valence-corrected chi connectivity index (χ1v) is 8.71. The summed E-state index contributed by atoms with van der Waals surface area (Å²) in [6.07, 6.45) is -4.04. The lowest BCUT2D eigenvalue weighted by atomic mass is 10.1. The first-order chi connectivity index (χ1) is 14.2. The highest BCUT2D eigenvalue weighted by molar-refractivity contribution is 5.93. The SMILES string of the molecule is Cc1cc(=O)oc2cc(OC(=O)c3cnn(-c4ccccc4)c3C(F)(F)F)ccc12. The molecule has 2 heterocycles. The van der Waals surface area contributed by atoms with Crippen molar-refractivity contribution in [2.24, 2.45) is 0 Å². The van der Waals surface area contributed by atoms with Crippen molar-refractivity contribution in [2.75, 3.05) is 0 Å². The van der Waals surface area contributed by atoms with Gasteiger partial charge in [0.25, 0.3) is 0 Å². The number of hydrogen-bond donors (Lipinski definition) is 0. The van der Waals surface area contributed by atoms with Gasteiger partial charge < -0.3 is 9.15 Å². The molecule has 0 aliphatic heterocycles. The summed E-state index contributed by atoms with van der Waals surface area (Å²) in [7, 11) is 0. The molecule has 9 heteroatoms. The maximum Gasteiger partial charge on any atom is 0.434 e. The number of alkyl halides is 3. The van der Waals surface area contributed by atoms with Crippen LogP contribution in [-0.4, -0.2) is 15.7 Å². The van der Waals surface area contributed by atoms with E-state index in [-0.39, 0.29) is 17.0 Å². The van der Waals surface area contributed by atoms with Crippen LogP contribution in [0, 0.1) is 6.92 Å². The average molecular weight is 414 g/mol. The summed E-state index contributed by atoms with van der Waals surface area (Å²) in [6.45, 7) is 1.71. The normalized spacial score (nSPS) is 11.6. The zero-order valence-electron chi connectivity index (χ0n) is 15.4. The van der Waals surface area contributed by atoms with Gasteiger partial charge in [-0.2, -0.15) is 18.3 Å². The molecule has 0 saturated heterocycles. The fourth-order valence-corrected chi connectivity index (χ4v) is 3.07. The largest absolute Gasteiger partial charge is 0.434 e. The zero-order chi connectivity index (χ0) is 21.5. The summed E-state index contributed by atoms with van der Waals surface area (Å²) in [5, 5.41) is 4.34. The van der Waals surface area contributed by atoms with Crippen molar-refractivity contribution in [1.82, 2.24) is 9.78 Å². The van der Waals surface area contributed by atoms with Crippen LogP contribution in [0.1, 0.15) is 21.6 Å². The van der Waals surface area contributed by atoms with E-state index < -0.39 is 29.0 Å². The molecule has 0 atom stereocenters. The number of hydrogen-bond acceptors (Lipinski definition) is 5. The second kappa shape index (κ2) is 7.18. The Labute approximate surface area is 167 Å². The minimum atomic E-state index is -4.85. The second-order valence-electron chi connectivity index (χ2n) is 6.45. The molecule has 0 radical (unpaired) electrons. The molecule has 0 saturated carbocycles. The van der Waals surface area contributed by atoms with Crippen molar-refractivity contribution >= 4 is 16.9 Å². The molecule has 0 bridgehead atoms. The van der Waals surface area contributed by atoms with Crippen molar-refractivity contribution in [2.45, 2.75) is 13.1 Å². The van der Waals surface area contributed by atoms with E-state index in [9.17, 15) is 22.8 Å². The Morgan fingerprint density at radius 1 is 1.10 bits per heavy atom. The topological polar surface area (TPSA) is 74.3 Å². The molecule has 0 amide bonds. The van der Waals surface area contributed by atoms with Crippen LogP contribution in [-0.2, 0) is 6.18 Å². The van der Waals surface area contributed by atoms with Crippen molar-refractivity contribution in [3.63, 3.8) is 0 Å². The minimum absolute atomic E-state index is 0.0677. The summed E-state index contributed by atoms with van der Waals surface area (Å²) in [5.41, 5.74) is -1.62. The van der Waals surface area contributed by atoms with Crippen LogP contribution in [0.25, 0.3) is 16.7 Å². The van der Waals surface area contributed by atoms with Gasteiger partial charge in [-0.15, -0.1) is 0 Å². The average Bonchev–Trinajstić information content (AvgIpc) is 3.14. The first-order valence-electron chi connectivity index (χ1n) is 8.71. The zero-order valence-corrected chi connectivity index (χ0v) is 15.4. The molecule has 2 aromatic carbocycles. The molecule has 6 nitrogen and oxygen atoms in total. The highest BCUT2D eigenvalue weighted by atomic mass is 19.4. The number of carbonyl (C=O) groups excluding carboxylic acids is 1. The Hall–Kier alpha value is -3.88. The van der Waals surface area contributed by atoms with Crippen molar-refractivity contribution < 1.29 is 27.1 Å². The van der Waals surface area contributed by atoms with Crippen molar-refractivity contribution in [3.8, 4) is 11.4 Å². The minimum Gasteiger partial charge on any atom is -0.423 e. The predicted octanol–water partition coefficient (Wildman–Crippen LogP) is 4.53. The first kappa shape index (κ1) is 19.4. The van der Waals surface area contributed by atoms with Gasteiger partial charge in [-0.1, -0.05) is 18.2 Å². The molecule has 4 aromatic rings. The van der Waals surface area contributed by atoms with Crippen LogP contribution in [0.3, 0.4) is 0 Å². The van der Waals surface area contributed by atoms with Gasteiger partial charge in [0, 0.05) is 17.5 Å². The van der Waals surface area contributed by atoms with Gasteiger partial charge >= 0.3 is 17.8 Å². The maximum atomic E-state index is 13.7. The van der Waals surface area contributed by atoms with Crippen LogP contribution in [0.5, 0.6) is 5.75 Å². The maximum absolute atomic E-state index is 13.7. The Morgan fingerprint density at radius 2 is 1.83 bits per heavy atom. The molecule has 4 rings (SSSR count). The van der Waals surface area contributed by atoms with Crippen molar-refractivity contribution in [3.05, 3.63) is 88.0 Å². The van der Waals surface area contributed by atoms with Crippen LogP contribution in [0.15, 0.2) is 70.0 Å². The highest BCUT2D eigenvalue weighted by Crippen LogP contribution is 2.34. The molecule has 2 aromatic heterocycles. The molecule has 152 valence electrons. The fraction of sp³-hybridized carbons (Fsp3) is 0.0952. The summed E-state index contributed by atoms with van der Waals surface area (Å²) in [4.78, 5) is 24.1. The van der Waals surface area contributed by atoms with E-state index >= 15 is 0 Å². The van der Waals surface area contributed by atoms with E-state index in [2.05, 4.69) is 5.10 Å². The van der Waals surface area contributed by atoms with Gasteiger partial charge in [0.1, 0.15) is 16.9 Å². The van der Waals surface area contributed by atoms with Gasteiger partial charge in [0.2, 0.25) is 0 Å². The van der Waals surface area contributed by atoms with Crippen LogP contribution >= 0.6 is 0 Å². The Kier molecular flexibility index (Phi) is 4.65. The number of fused-ring (bicyclic) bond motifs is 1. The van der Waals surface area contributed by atoms with Crippen molar-refractivity contribution in [1.29, 1.82) is 0 Å². The predicted molar refractivity (Wildman–Crippen MR) is 101 cm³/mol. The number of para-hydroxylation sites is 1. The van der Waals surface area contributed by atoms with E-state index in [4.69, 9.17) is 9.15 Å². The molecule has 30 heavy (non-hydrogen) atoms. The van der Waals surface area contributed by atoms with Gasteiger partial charge in [-0.3, -0.25) is 0 Å². The quantitative estimate of drug-likeness (QED) is 0.280. The third-order valence-electron chi connectivity index (χ3n) is 4.39. The summed E-state index contributed by atoms with van der Waals surface area (Å²) in [5.74, 6) is -1.30. The molecule has 0 N–H and O–H groups in total. The number of aromatic nitrogens is 2. The third-order valence-corrected chi connectivity index (χ3v) is 4.39. The number of nitrogens with zero attached hydrogens (tertiary/aromatic N) is 2. The third kappa shape index (κ3) is 3.57. The number of carbonyl (C=O) groups is 1. The summed E-state index contributed by atoms with van der Waals surface area (Å²) < 4.78 is 51.9. The lowest BCUT2D eigenvalue weighted by Gasteiger charge is -2.12. The molecular formula is C21H13F3N2O4. The van der Waals surface area contributed by atoms with Gasteiger partial charge in [0.15, 0.2) is 5.69 Å². The number of halogens is 3. The molecular weight excluding hydrogens is 401 g/mol. The van der Waals surface area contributed by atoms with Gasteiger partial charge in [-0.25, -0.2) is 14.3 Å². The van der Waals surface area contributed by atoms with Crippen LogP contribution in [0.4, 0.5) is 13.2 Å². The number of aryl methyl sites for hydroxylation is 1. The number of ether oxygens (including phenoxy) is 1. The Bertz CT molecular complexity index is 1310. The number of esters is 1. The molecule has 0 fully saturated rings. The smallest absolute Gasteiger partial charge is 0.423 e. The lowest BCUT2D eigenvalue weighted by molar-refractivity contribution is -0.143. The molecule has 0 spiro atoms. The standard InChI is InChI=1S/C21H13F3N2O4/c1-12-9-18(27)30-17-10-14(7-8-15(12)17)29-20(28)16-11-25-26(19(16)21(22,23)24)13-5-3-2-4-6-13/h2-11H,1H3. The van der Waals surface area contributed by atoms with E-state index in [1.54, 1.807) is 31.2 Å². The molecule has 0 unspecified atom stereocenters. The fourth-order valence-electron chi connectivity index (χ4n) is 3.07. The molecule has 0 aliphatic carbocycles. The van der Waals surface area contributed by atoms with Gasteiger partial charge in [0.05, 0.1) is 11.9 Å².